The monoisotopic (exact) mass is 454 g/mol. The Hall–Kier alpha value is -0.610. The molecule has 0 atom stereocenters. The van der Waals surface area contributed by atoms with Gasteiger partial charge in [0.05, 0.1) is 25.8 Å². The number of hydrogen-bond donors (Lipinski definition) is 1. The molecule has 0 aliphatic carbocycles. The Morgan fingerprint density at radius 1 is 0.800 bits per heavy atom. The first-order chi connectivity index (χ1) is 11.7. The molecule has 25 heavy (non-hydrogen) atoms. The molecule has 0 aliphatic rings. The third kappa shape index (κ3) is 5.68. The first kappa shape index (κ1) is 20.7. The zero-order valence-electron chi connectivity index (χ0n) is 13.1. The summed E-state index contributed by atoms with van der Waals surface area (Å²) < 4.78 is 0. The third-order valence-corrected chi connectivity index (χ3v) is 4.63. The van der Waals surface area contributed by atoms with E-state index in [-0.39, 0.29) is 0 Å². The van der Waals surface area contributed by atoms with Gasteiger partial charge in [0.15, 0.2) is 0 Å². The molecule has 0 aromatic heterocycles. The Bertz CT molecular complexity index is 827. The van der Waals surface area contributed by atoms with Crippen LogP contribution in [0.5, 0.6) is 0 Å². The molecule has 0 saturated heterocycles. The van der Waals surface area contributed by atoms with E-state index in [0.29, 0.717) is 47.2 Å². The van der Waals surface area contributed by atoms with Gasteiger partial charge in [0.2, 0.25) is 0 Å². The number of rotatable bonds is 4. The molecule has 0 heterocycles. The Kier molecular flexibility index (Phi) is 7.33. The van der Waals surface area contributed by atoms with Crippen molar-refractivity contribution in [2.24, 2.45) is 4.99 Å². The maximum atomic E-state index is 6.17. The van der Waals surface area contributed by atoms with E-state index in [1.54, 1.807) is 24.3 Å². The summed E-state index contributed by atoms with van der Waals surface area (Å²) in [7, 11) is 0. The van der Waals surface area contributed by atoms with E-state index >= 15 is 0 Å². The molecule has 0 unspecified atom stereocenters. The van der Waals surface area contributed by atoms with E-state index in [9.17, 15) is 0 Å². The van der Waals surface area contributed by atoms with Gasteiger partial charge in [0.25, 0.3) is 0 Å². The highest BCUT2D eigenvalue weighted by molar-refractivity contribution is 6.42. The van der Waals surface area contributed by atoms with Crippen LogP contribution < -0.4 is 5.32 Å². The molecule has 0 spiro atoms. The molecule has 2 nitrogen and oxygen atoms in total. The number of allylic oxidation sites excluding steroid dienone is 2. The summed E-state index contributed by atoms with van der Waals surface area (Å²) in [5, 5.41) is 5.64. The molecular weight excluding hydrogens is 445 g/mol. The van der Waals surface area contributed by atoms with Crippen molar-refractivity contribution in [1.29, 1.82) is 0 Å². The molecule has 2 rings (SSSR count). The zero-order chi connectivity index (χ0) is 18.7. The van der Waals surface area contributed by atoms with Crippen LogP contribution in [0.3, 0.4) is 0 Å². The van der Waals surface area contributed by atoms with Gasteiger partial charge in [0.1, 0.15) is 5.69 Å². The Labute approximate surface area is 176 Å². The fourth-order valence-electron chi connectivity index (χ4n) is 2.06. The number of nitrogens with one attached hydrogen (secondary N) is 1. The van der Waals surface area contributed by atoms with E-state index < -0.39 is 0 Å². The second-order valence-electron chi connectivity index (χ2n) is 5.17. The summed E-state index contributed by atoms with van der Waals surface area (Å²) in [6.07, 6.45) is 1.81. The van der Waals surface area contributed by atoms with Crippen LogP contribution in [0.2, 0.25) is 30.1 Å². The summed E-state index contributed by atoms with van der Waals surface area (Å²) in [5.41, 5.74) is 2.47. The average molecular weight is 457 g/mol. The molecule has 0 saturated carbocycles. The predicted molar refractivity (Wildman–Crippen MR) is 113 cm³/mol. The van der Waals surface area contributed by atoms with Crippen LogP contribution in [0.4, 0.5) is 11.4 Å². The van der Waals surface area contributed by atoms with Gasteiger partial charge >= 0.3 is 0 Å². The van der Waals surface area contributed by atoms with Gasteiger partial charge in [-0.1, -0.05) is 69.6 Å². The molecule has 1 N–H and O–H groups in total. The van der Waals surface area contributed by atoms with Crippen LogP contribution in [0, 0.1) is 0 Å². The number of aliphatic imine (C=N–C) groups is 1. The Morgan fingerprint density at radius 2 is 1.24 bits per heavy atom. The topological polar surface area (TPSA) is 24.4 Å². The highest BCUT2D eigenvalue weighted by Crippen LogP contribution is 2.37. The fraction of sp³-hybridized carbons (Fsp3) is 0.118. The lowest BCUT2D eigenvalue weighted by molar-refractivity contribution is 1.37. The van der Waals surface area contributed by atoms with Crippen LogP contribution in [0.1, 0.15) is 13.8 Å². The van der Waals surface area contributed by atoms with Crippen LogP contribution >= 0.6 is 69.6 Å². The average Bonchev–Trinajstić information content (AvgIpc) is 2.46. The molecule has 0 aliphatic heterocycles. The van der Waals surface area contributed by atoms with Crippen molar-refractivity contribution >= 4 is 86.7 Å². The highest BCUT2D eigenvalue weighted by atomic mass is 35.5. The van der Waals surface area contributed by atoms with Gasteiger partial charge in [-0.05, 0) is 44.2 Å². The molecule has 8 heteroatoms. The molecule has 0 amide bonds. The SMILES string of the molecule is CC(/C=C(/C)Nc1c(Cl)cc(Cl)cc1Cl)=Nc1c(Cl)cc(Cl)cc1Cl. The maximum Gasteiger partial charge on any atom is 0.101 e. The number of benzene rings is 2. The van der Waals surface area contributed by atoms with Crippen molar-refractivity contribution in [2.75, 3.05) is 5.32 Å². The zero-order valence-corrected chi connectivity index (χ0v) is 17.6. The van der Waals surface area contributed by atoms with Gasteiger partial charge in [0, 0.05) is 21.5 Å². The van der Waals surface area contributed by atoms with E-state index in [1.807, 2.05) is 19.9 Å². The Morgan fingerprint density at radius 3 is 1.72 bits per heavy atom. The van der Waals surface area contributed by atoms with Crippen molar-refractivity contribution < 1.29 is 0 Å². The summed E-state index contributed by atoms with van der Waals surface area (Å²) >= 11 is 36.4. The first-order valence-corrected chi connectivity index (χ1v) is 9.24. The second kappa shape index (κ2) is 8.85. The minimum absolute atomic E-state index is 0.375. The van der Waals surface area contributed by atoms with Gasteiger partial charge in [-0.25, -0.2) is 0 Å². The number of nitrogens with zero attached hydrogens (tertiary/aromatic N) is 1. The third-order valence-electron chi connectivity index (χ3n) is 3.02. The normalized spacial score (nSPS) is 12.5. The van der Waals surface area contributed by atoms with Crippen molar-refractivity contribution in [2.45, 2.75) is 13.8 Å². The van der Waals surface area contributed by atoms with Crippen molar-refractivity contribution in [3.63, 3.8) is 0 Å². The standard InChI is InChI=1S/C17H12Cl6N2/c1-8(24-16-12(20)4-10(18)5-13(16)21)3-9(2)25-17-14(22)6-11(19)7-15(17)23/h3-7,24H,1-2H3/b8-3-,25-9?. The van der Waals surface area contributed by atoms with Crippen molar-refractivity contribution in [3.8, 4) is 0 Å². The largest absolute Gasteiger partial charge is 0.357 e. The summed E-state index contributed by atoms with van der Waals surface area (Å²) in [6.45, 7) is 3.67. The molecule has 2 aromatic rings. The fourth-order valence-corrected chi connectivity index (χ4v) is 3.87. The molecule has 2 aromatic carbocycles. The minimum atomic E-state index is 0.375. The van der Waals surface area contributed by atoms with E-state index in [2.05, 4.69) is 10.3 Å². The van der Waals surface area contributed by atoms with E-state index in [1.165, 1.54) is 0 Å². The molecular formula is C17H12Cl6N2. The van der Waals surface area contributed by atoms with E-state index in [4.69, 9.17) is 69.6 Å². The van der Waals surface area contributed by atoms with Crippen LogP contribution in [-0.4, -0.2) is 5.71 Å². The van der Waals surface area contributed by atoms with Crippen LogP contribution in [0.15, 0.2) is 41.0 Å². The van der Waals surface area contributed by atoms with Crippen LogP contribution in [-0.2, 0) is 0 Å². The molecule has 0 radical (unpaired) electrons. The van der Waals surface area contributed by atoms with Gasteiger partial charge in [-0.15, -0.1) is 0 Å². The quantitative estimate of drug-likeness (QED) is 0.457. The molecule has 0 bridgehead atoms. The number of hydrogen-bond acceptors (Lipinski definition) is 2. The molecule has 132 valence electrons. The lowest BCUT2D eigenvalue weighted by atomic mass is 10.2. The van der Waals surface area contributed by atoms with E-state index in [0.717, 1.165) is 5.70 Å². The number of anilines is 1. The van der Waals surface area contributed by atoms with Gasteiger partial charge < -0.3 is 5.32 Å². The maximum absolute atomic E-state index is 6.17. The number of halogens is 6. The van der Waals surface area contributed by atoms with Crippen molar-refractivity contribution in [3.05, 3.63) is 66.2 Å². The first-order valence-electron chi connectivity index (χ1n) is 6.97. The summed E-state index contributed by atoms with van der Waals surface area (Å²) in [4.78, 5) is 4.43. The van der Waals surface area contributed by atoms with Crippen LogP contribution in [0.25, 0.3) is 0 Å². The van der Waals surface area contributed by atoms with Gasteiger partial charge in [-0.2, -0.15) is 0 Å². The van der Waals surface area contributed by atoms with Gasteiger partial charge in [-0.3, -0.25) is 4.99 Å². The smallest absolute Gasteiger partial charge is 0.101 e. The summed E-state index contributed by atoms with van der Waals surface area (Å²) in [6, 6.07) is 6.39. The lowest BCUT2D eigenvalue weighted by Crippen LogP contribution is -2.00. The summed E-state index contributed by atoms with van der Waals surface area (Å²) in [5.74, 6) is 0. The molecule has 0 fully saturated rings. The van der Waals surface area contributed by atoms with Crippen molar-refractivity contribution in [1.82, 2.24) is 0 Å². The lowest BCUT2D eigenvalue weighted by Gasteiger charge is -2.11. The predicted octanol–water partition coefficient (Wildman–Crippen LogP) is 8.72. The minimum Gasteiger partial charge on any atom is -0.357 e. The Balaban J connectivity index is 2.28. The highest BCUT2D eigenvalue weighted by Gasteiger charge is 2.09. The second-order valence-corrected chi connectivity index (χ2v) is 7.67.